The van der Waals surface area contributed by atoms with E-state index in [-0.39, 0.29) is 5.97 Å². The Kier molecular flexibility index (Phi) is 5.69. The Morgan fingerprint density at radius 3 is 2.93 bits per heavy atom. The van der Waals surface area contributed by atoms with Gasteiger partial charge in [-0.2, -0.15) is 0 Å². The van der Waals surface area contributed by atoms with Crippen LogP contribution < -0.4 is 0 Å². The molecule has 15 heavy (non-hydrogen) atoms. The maximum absolute atomic E-state index is 11.5. The summed E-state index contributed by atoms with van der Waals surface area (Å²) < 4.78 is 5.16. The number of rotatable bonds is 6. The molecule has 1 rings (SSSR count). The standard InChI is InChI=1S/C12H23NO2/c1-3-5-9-15-12(14)10-13-8-6-7-11(13)4-2/h11H,3-10H2,1-2H3. The number of hydrogen-bond acceptors (Lipinski definition) is 3. The first-order valence-corrected chi connectivity index (χ1v) is 6.17. The van der Waals surface area contributed by atoms with Gasteiger partial charge in [0, 0.05) is 6.04 Å². The largest absolute Gasteiger partial charge is 0.465 e. The molecule has 0 aromatic rings. The van der Waals surface area contributed by atoms with Crippen LogP contribution in [-0.4, -0.2) is 36.6 Å². The maximum Gasteiger partial charge on any atom is 0.320 e. The fourth-order valence-electron chi connectivity index (χ4n) is 2.11. The number of likely N-dealkylation sites (tertiary alicyclic amines) is 1. The number of ether oxygens (including phenoxy) is 1. The molecule has 3 nitrogen and oxygen atoms in total. The van der Waals surface area contributed by atoms with E-state index >= 15 is 0 Å². The molecule has 0 amide bonds. The number of esters is 1. The van der Waals surface area contributed by atoms with Crippen LogP contribution in [0.2, 0.25) is 0 Å². The van der Waals surface area contributed by atoms with Gasteiger partial charge >= 0.3 is 5.97 Å². The highest BCUT2D eigenvalue weighted by atomic mass is 16.5. The SMILES string of the molecule is CCCCOC(=O)CN1CCCC1CC. The second-order valence-electron chi connectivity index (χ2n) is 4.25. The number of unbranched alkanes of at least 4 members (excludes halogenated alkanes) is 1. The fourth-order valence-corrected chi connectivity index (χ4v) is 2.11. The minimum atomic E-state index is -0.0520. The van der Waals surface area contributed by atoms with Gasteiger partial charge < -0.3 is 4.74 Å². The van der Waals surface area contributed by atoms with Crippen molar-refractivity contribution in [2.75, 3.05) is 19.7 Å². The van der Waals surface area contributed by atoms with Crippen LogP contribution in [-0.2, 0) is 9.53 Å². The van der Waals surface area contributed by atoms with E-state index in [2.05, 4.69) is 18.7 Å². The van der Waals surface area contributed by atoms with Gasteiger partial charge in [0.2, 0.25) is 0 Å². The molecular formula is C12H23NO2. The summed E-state index contributed by atoms with van der Waals surface area (Å²) in [6.45, 7) is 6.41. The van der Waals surface area contributed by atoms with Crippen LogP contribution in [0.1, 0.15) is 46.0 Å². The van der Waals surface area contributed by atoms with Crippen molar-refractivity contribution < 1.29 is 9.53 Å². The third-order valence-electron chi connectivity index (χ3n) is 3.06. The number of carbonyl (C=O) groups excluding carboxylic acids is 1. The molecule has 88 valence electrons. The van der Waals surface area contributed by atoms with Crippen molar-refractivity contribution in [2.45, 2.75) is 52.0 Å². The quantitative estimate of drug-likeness (QED) is 0.500. The topological polar surface area (TPSA) is 29.5 Å². The Morgan fingerprint density at radius 1 is 1.47 bits per heavy atom. The molecule has 3 heteroatoms. The molecular weight excluding hydrogens is 190 g/mol. The average Bonchev–Trinajstić information content (AvgIpc) is 2.65. The van der Waals surface area contributed by atoms with Crippen molar-refractivity contribution >= 4 is 5.97 Å². The second kappa shape index (κ2) is 6.83. The van der Waals surface area contributed by atoms with Crippen LogP contribution in [0, 0.1) is 0 Å². The van der Waals surface area contributed by atoms with Crippen LogP contribution in [0.25, 0.3) is 0 Å². The molecule has 1 aliphatic heterocycles. The van der Waals surface area contributed by atoms with Crippen LogP contribution in [0.3, 0.4) is 0 Å². The zero-order valence-corrected chi connectivity index (χ0v) is 10.00. The summed E-state index contributed by atoms with van der Waals surface area (Å²) in [6.07, 6.45) is 5.65. The van der Waals surface area contributed by atoms with E-state index in [9.17, 15) is 4.79 Å². The summed E-state index contributed by atoms with van der Waals surface area (Å²) in [5.41, 5.74) is 0. The van der Waals surface area contributed by atoms with Crippen molar-refractivity contribution in [1.29, 1.82) is 0 Å². The number of carbonyl (C=O) groups is 1. The Balaban J connectivity index is 2.19. The lowest BCUT2D eigenvalue weighted by Crippen LogP contribution is -2.34. The van der Waals surface area contributed by atoms with E-state index in [0.29, 0.717) is 19.2 Å². The van der Waals surface area contributed by atoms with Crippen molar-refractivity contribution in [1.82, 2.24) is 4.90 Å². The first-order chi connectivity index (χ1) is 7.27. The second-order valence-corrected chi connectivity index (χ2v) is 4.25. The lowest BCUT2D eigenvalue weighted by atomic mass is 10.2. The monoisotopic (exact) mass is 213 g/mol. The van der Waals surface area contributed by atoms with Gasteiger partial charge in [-0.1, -0.05) is 20.3 Å². The summed E-state index contributed by atoms with van der Waals surface area (Å²) in [7, 11) is 0. The van der Waals surface area contributed by atoms with Crippen molar-refractivity contribution in [3.63, 3.8) is 0 Å². The fraction of sp³-hybridized carbons (Fsp3) is 0.917. The van der Waals surface area contributed by atoms with Gasteiger partial charge in [-0.25, -0.2) is 0 Å². The number of hydrogen-bond donors (Lipinski definition) is 0. The third-order valence-corrected chi connectivity index (χ3v) is 3.06. The van der Waals surface area contributed by atoms with E-state index in [1.807, 2.05) is 0 Å². The van der Waals surface area contributed by atoms with Gasteiger partial charge in [-0.05, 0) is 32.2 Å². The molecule has 0 aliphatic carbocycles. The first kappa shape index (κ1) is 12.5. The van der Waals surface area contributed by atoms with Crippen LogP contribution in [0.5, 0.6) is 0 Å². The molecule has 0 N–H and O–H groups in total. The lowest BCUT2D eigenvalue weighted by molar-refractivity contribution is -0.145. The van der Waals surface area contributed by atoms with Crippen molar-refractivity contribution in [3.05, 3.63) is 0 Å². The highest BCUT2D eigenvalue weighted by Gasteiger charge is 2.24. The maximum atomic E-state index is 11.5. The summed E-state index contributed by atoms with van der Waals surface area (Å²) in [5.74, 6) is -0.0520. The predicted octanol–water partition coefficient (Wildman–Crippen LogP) is 2.20. The Labute approximate surface area is 92.8 Å². The third kappa shape index (κ3) is 4.20. The summed E-state index contributed by atoms with van der Waals surface area (Å²) >= 11 is 0. The minimum Gasteiger partial charge on any atom is -0.465 e. The van der Waals surface area contributed by atoms with Gasteiger partial charge in [-0.15, -0.1) is 0 Å². The Hall–Kier alpha value is -0.570. The van der Waals surface area contributed by atoms with E-state index < -0.39 is 0 Å². The summed E-state index contributed by atoms with van der Waals surface area (Å²) in [5, 5.41) is 0. The van der Waals surface area contributed by atoms with E-state index in [1.165, 1.54) is 12.8 Å². The molecule has 0 spiro atoms. The van der Waals surface area contributed by atoms with E-state index in [1.54, 1.807) is 0 Å². The highest BCUT2D eigenvalue weighted by molar-refractivity contribution is 5.71. The molecule has 0 bridgehead atoms. The van der Waals surface area contributed by atoms with Gasteiger partial charge in [-0.3, -0.25) is 9.69 Å². The number of nitrogens with zero attached hydrogens (tertiary/aromatic N) is 1. The molecule has 0 saturated carbocycles. The lowest BCUT2D eigenvalue weighted by Gasteiger charge is -2.21. The molecule has 0 aromatic heterocycles. The summed E-state index contributed by atoms with van der Waals surface area (Å²) in [6, 6.07) is 0.601. The molecule has 1 atom stereocenters. The minimum absolute atomic E-state index is 0.0520. The van der Waals surface area contributed by atoms with Gasteiger partial charge in [0.1, 0.15) is 0 Å². The molecule has 1 aliphatic rings. The predicted molar refractivity (Wildman–Crippen MR) is 60.8 cm³/mol. The molecule has 0 radical (unpaired) electrons. The smallest absolute Gasteiger partial charge is 0.320 e. The van der Waals surface area contributed by atoms with E-state index in [4.69, 9.17) is 4.74 Å². The van der Waals surface area contributed by atoms with Crippen molar-refractivity contribution in [3.8, 4) is 0 Å². The zero-order chi connectivity index (χ0) is 11.1. The average molecular weight is 213 g/mol. The zero-order valence-electron chi connectivity index (χ0n) is 10.00. The van der Waals surface area contributed by atoms with Crippen molar-refractivity contribution in [2.24, 2.45) is 0 Å². The van der Waals surface area contributed by atoms with Crippen LogP contribution in [0.15, 0.2) is 0 Å². The van der Waals surface area contributed by atoms with E-state index in [0.717, 1.165) is 25.8 Å². The molecule has 1 unspecified atom stereocenters. The van der Waals surface area contributed by atoms with Crippen LogP contribution in [0.4, 0.5) is 0 Å². The van der Waals surface area contributed by atoms with Crippen LogP contribution >= 0.6 is 0 Å². The Morgan fingerprint density at radius 2 is 2.27 bits per heavy atom. The molecule has 1 heterocycles. The Bertz CT molecular complexity index is 194. The van der Waals surface area contributed by atoms with Gasteiger partial charge in [0.25, 0.3) is 0 Å². The molecule has 1 fully saturated rings. The summed E-state index contributed by atoms with van der Waals surface area (Å²) in [4.78, 5) is 13.7. The van der Waals surface area contributed by atoms with Gasteiger partial charge in [0.05, 0.1) is 13.2 Å². The first-order valence-electron chi connectivity index (χ1n) is 6.17. The normalized spacial score (nSPS) is 21.9. The molecule has 0 aromatic carbocycles. The highest BCUT2D eigenvalue weighted by Crippen LogP contribution is 2.19. The molecule has 1 saturated heterocycles. The van der Waals surface area contributed by atoms with Gasteiger partial charge in [0.15, 0.2) is 0 Å².